The van der Waals surface area contributed by atoms with E-state index in [9.17, 15) is 9.59 Å². The van der Waals surface area contributed by atoms with Gasteiger partial charge in [0, 0.05) is 52.1 Å². The smallest absolute Gasteiger partial charge is 0.229 e. The Morgan fingerprint density at radius 2 is 1.58 bits per heavy atom. The minimum atomic E-state index is 0.00266. The Labute approximate surface area is 196 Å². The SMILES string of the molecule is CCn1c(N2CCN(CCCCN3C(=O)CC4(CCCC4)CC3=O)CC2)nc2ccccc21. The number of hydrogen-bond donors (Lipinski definition) is 0. The second-order valence-electron chi connectivity index (χ2n) is 10.2. The van der Waals surface area contributed by atoms with Crippen LogP contribution in [0.25, 0.3) is 11.0 Å². The van der Waals surface area contributed by atoms with E-state index >= 15 is 0 Å². The molecule has 7 nitrogen and oxygen atoms in total. The van der Waals surface area contributed by atoms with Gasteiger partial charge in [0.2, 0.25) is 17.8 Å². The summed E-state index contributed by atoms with van der Waals surface area (Å²) in [5.74, 6) is 1.22. The molecule has 1 aliphatic carbocycles. The fraction of sp³-hybridized carbons (Fsp3) is 0.654. The van der Waals surface area contributed by atoms with Crippen molar-refractivity contribution >= 4 is 28.8 Å². The number of piperazine rings is 1. The first-order valence-corrected chi connectivity index (χ1v) is 12.8. The number of para-hydroxylation sites is 2. The van der Waals surface area contributed by atoms with Gasteiger partial charge in [-0.3, -0.25) is 19.4 Å². The normalized spacial score (nSPS) is 21.6. The topological polar surface area (TPSA) is 61.7 Å². The number of anilines is 1. The van der Waals surface area contributed by atoms with Crippen molar-refractivity contribution in [2.45, 2.75) is 64.8 Å². The van der Waals surface area contributed by atoms with Crippen LogP contribution in [0.2, 0.25) is 0 Å². The molecular formula is C26H37N5O2. The summed E-state index contributed by atoms with van der Waals surface area (Å²) in [5.41, 5.74) is 2.28. The Kier molecular flexibility index (Phi) is 6.41. The maximum atomic E-state index is 12.6. The van der Waals surface area contributed by atoms with E-state index in [1.165, 1.54) is 18.4 Å². The predicted molar refractivity (Wildman–Crippen MR) is 130 cm³/mol. The van der Waals surface area contributed by atoms with Gasteiger partial charge in [-0.15, -0.1) is 0 Å². The summed E-state index contributed by atoms with van der Waals surface area (Å²) in [6, 6.07) is 8.37. The third-order valence-electron chi connectivity index (χ3n) is 8.03. The van der Waals surface area contributed by atoms with Crippen molar-refractivity contribution in [3.8, 4) is 0 Å². The summed E-state index contributed by atoms with van der Waals surface area (Å²) in [4.78, 5) is 36.6. The van der Waals surface area contributed by atoms with Crippen LogP contribution in [0.15, 0.2) is 24.3 Å². The largest absolute Gasteiger partial charge is 0.340 e. The first-order valence-electron chi connectivity index (χ1n) is 12.8. The zero-order chi connectivity index (χ0) is 22.8. The quantitative estimate of drug-likeness (QED) is 0.475. The molecule has 0 radical (unpaired) electrons. The fourth-order valence-corrected chi connectivity index (χ4v) is 6.15. The third-order valence-corrected chi connectivity index (χ3v) is 8.03. The van der Waals surface area contributed by atoms with Crippen LogP contribution < -0.4 is 4.90 Å². The van der Waals surface area contributed by atoms with E-state index in [1.54, 1.807) is 4.90 Å². The molecule has 2 saturated heterocycles. The molecule has 3 aliphatic rings. The van der Waals surface area contributed by atoms with E-state index in [1.807, 2.05) is 0 Å². The summed E-state index contributed by atoms with van der Waals surface area (Å²) in [6.45, 7) is 8.73. The molecule has 0 unspecified atom stereocenters. The molecule has 2 aliphatic heterocycles. The zero-order valence-corrected chi connectivity index (χ0v) is 20.0. The van der Waals surface area contributed by atoms with E-state index in [0.29, 0.717) is 19.4 Å². The number of carbonyl (C=O) groups excluding carboxylic acids is 2. The van der Waals surface area contributed by atoms with Crippen molar-refractivity contribution in [2.24, 2.45) is 5.41 Å². The lowest BCUT2D eigenvalue weighted by Crippen LogP contribution is -2.48. The van der Waals surface area contributed by atoms with E-state index in [-0.39, 0.29) is 17.2 Å². The number of unbranched alkanes of at least 4 members (excludes halogenated alkanes) is 1. The van der Waals surface area contributed by atoms with Crippen LogP contribution in [-0.2, 0) is 16.1 Å². The van der Waals surface area contributed by atoms with Gasteiger partial charge in [-0.25, -0.2) is 4.98 Å². The van der Waals surface area contributed by atoms with Crippen molar-refractivity contribution in [3.05, 3.63) is 24.3 Å². The minimum absolute atomic E-state index is 0.00266. The molecule has 1 saturated carbocycles. The highest BCUT2D eigenvalue weighted by atomic mass is 16.2. The van der Waals surface area contributed by atoms with Crippen LogP contribution in [-0.4, -0.2) is 70.4 Å². The first-order chi connectivity index (χ1) is 16.1. The van der Waals surface area contributed by atoms with Gasteiger partial charge in [0.1, 0.15) is 0 Å². The Hall–Kier alpha value is -2.41. The number of carbonyl (C=O) groups is 2. The summed E-state index contributed by atoms with van der Waals surface area (Å²) in [5, 5.41) is 0. The molecule has 5 rings (SSSR count). The molecule has 33 heavy (non-hydrogen) atoms. The molecule has 2 amide bonds. The Balaban J connectivity index is 1.07. The summed E-state index contributed by atoms with van der Waals surface area (Å²) >= 11 is 0. The van der Waals surface area contributed by atoms with Gasteiger partial charge in [0.05, 0.1) is 11.0 Å². The number of aromatic nitrogens is 2. The van der Waals surface area contributed by atoms with E-state index in [4.69, 9.17) is 4.98 Å². The number of likely N-dealkylation sites (tertiary alicyclic amines) is 1. The molecule has 3 heterocycles. The fourth-order valence-electron chi connectivity index (χ4n) is 6.15. The number of imide groups is 1. The molecule has 178 valence electrons. The van der Waals surface area contributed by atoms with Gasteiger partial charge in [-0.05, 0) is 56.7 Å². The summed E-state index contributed by atoms with van der Waals surface area (Å²) < 4.78 is 2.31. The number of piperidine rings is 1. The summed E-state index contributed by atoms with van der Waals surface area (Å²) in [6.07, 6.45) is 7.55. The average molecular weight is 452 g/mol. The number of rotatable bonds is 7. The lowest BCUT2D eigenvalue weighted by molar-refractivity contribution is -0.153. The maximum Gasteiger partial charge on any atom is 0.229 e. The number of amides is 2. The van der Waals surface area contributed by atoms with E-state index < -0.39 is 0 Å². The highest BCUT2D eigenvalue weighted by Crippen LogP contribution is 2.46. The first kappa shape index (κ1) is 22.4. The Morgan fingerprint density at radius 3 is 2.27 bits per heavy atom. The highest BCUT2D eigenvalue weighted by Gasteiger charge is 2.44. The molecule has 0 atom stereocenters. The van der Waals surface area contributed by atoms with E-state index in [0.717, 1.165) is 76.4 Å². The van der Waals surface area contributed by atoms with Crippen LogP contribution in [0.1, 0.15) is 58.3 Å². The molecule has 1 aromatic carbocycles. The second-order valence-corrected chi connectivity index (χ2v) is 10.2. The van der Waals surface area contributed by atoms with Crippen LogP contribution in [0.5, 0.6) is 0 Å². The Bertz CT molecular complexity index is 981. The number of imidazole rings is 1. The van der Waals surface area contributed by atoms with E-state index in [2.05, 4.69) is 45.6 Å². The molecule has 1 aromatic heterocycles. The van der Waals surface area contributed by atoms with Gasteiger partial charge in [0.25, 0.3) is 0 Å². The third kappa shape index (κ3) is 4.52. The minimum Gasteiger partial charge on any atom is -0.340 e. The average Bonchev–Trinajstić information content (AvgIpc) is 3.42. The van der Waals surface area contributed by atoms with Crippen molar-refractivity contribution in [1.82, 2.24) is 19.4 Å². The number of nitrogens with zero attached hydrogens (tertiary/aromatic N) is 5. The maximum absolute atomic E-state index is 12.6. The second kappa shape index (κ2) is 9.45. The molecule has 0 bridgehead atoms. The van der Waals surface area contributed by atoms with Gasteiger partial charge in [-0.1, -0.05) is 25.0 Å². The van der Waals surface area contributed by atoms with Crippen molar-refractivity contribution in [2.75, 3.05) is 44.2 Å². The lowest BCUT2D eigenvalue weighted by atomic mass is 9.76. The van der Waals surface area contributed by atoms with Crippen molar-refractivity contribution < 1.29 is 9.59 Å². The number of fused-ring (bicyclic) bond motifs is 1. The molecule has 3 fully saturated rings. The van der Waals surface area contributed by atoms with Gasteiger partial charge >= 0.3 is 0 Å². The molecule has 2 aromatic rings. The lowest BCUT2D eigenvalue weighted by Gasteiger charge is -2.37. The highest BCUT2D eigenvalue weighted by molar-refractivity contribution is 5.98. The van der Waals surface area contributed by atoms with Crippen LogP contribution in [0.3, 0.4) is 0 Å². The number of hydrogen-bond acceptors (Lipinski definition) is 5. The zero-order valence-electron chi connectivity index (χ0n) is 20.0. The molecule has 0 N–H and O–H groups in total. The van der Waals surface area contributed by atoms with Gasteiger partial charge in [0.15, 0.2) is 0 Å². The van der Waals surface area contributed by atoms with Crippen LogP contribution >= 0.6 is 0 Å². The summed E-state index contributed by atoms with van der Waals surface area (Å²) in [7, 11) is 0. The van der Waals surface area contributed by atoms with Crippen LogP contribution in [0.4, 0.5) is 5.95 Å². The monoisotopic (exact) mass is 451 g/mol. The van der Waals surface area contributed by atoms with Crippen molar-refractivity contribution in [1.29, 1.82) is 0 Å². The van der Waals surface area contributed by atoms with Gasteiger partial charge < -0.3 is 9.47 Å². The van der Waals surface area contributed by atoms with Gasteiger partial charge in [-0.2, -0.15) is 0 Å². The molecule has 1 spiro atoms. The van der Waals surface area contributed by atoms with Crippen molar-refractivity contribution in [3.63, 3.8) is 0 Å². The number of aryl methyl sites for hydroxylation is 1. The Morgan fingerprint density at radius 1 is 0.909 bits per heavy atom. The van der Waals surface area contributed by atoms with Crippen LogP contribution in [0, 0.1) is 5.41 Å². The molecule has 7 heteroatoms. The predicted octanol–water partition coefficient (Wildman–Crippen LogP) is 3.67. The molecular weight excluding hydrogens is 414 g/mol. The standard InChI is InChI=1S/C26H37N5O2/c1-2-30-22-10-4-3-9-21(22)27-25(30)29-17-15-28(16-18-29)13-7-8-14-31-23(32)19-26(20-24(31)33)11-5-6-12-26/h3-4,9-10H,2,5-8,11-20H2,1H3. The number of benzene rings is 1.